The Labute approximate surface area is 134 Å². The molecule has 0 radical (unpaired) electrons. The number of hydrogen-bond donors (Lipinski definition) is 1. The van der Waals surface area contributed by atoms with Crippen LogP contribution in [0.3, 0.4) is 0 Å². The molecule has 2 nitrogen and oxygen atoms in total. The van der Waals surface area contributed by atoms with Crippen molar-refractivity contribution in [1.29, 1.82) is 0 Å². The van der Waals surface area contributed by atoms with Gasteiger partial charge in [0.2, 0.25) is 0 Å². The Balaban J connectivity index is 1.98. The highest BCUT2D eigenvalue weighted by Crippen LogP contribution is 2.32. The van der Waals surface area contributed by atoms with Crippen molar-refractivity contribution in [1.82, 2.24) is 0 Å². The van der Waals surface area contributed by atoms with Gasteiger partial charge in [0.05, 0.1) is 4.88 Å². The van der Waals surface area contributed by atoms with E-state index in [-0.39, 0.29) is 5.91 Å². The fraction of sp³-hybridized carbons (Fsp3) is 0.211. The third-order valence-electron chi connectivity index (χ3n) is 3.68. The summed E-state index contributed by atoms with van der Waals surface area (Å²) < 4.78 is 1.18. The smallest absolute Gasteiger partial charge is 0.266 e. The van der Waals surface area contributed by atoms with E-state index in [1.54, 1.807) is 11.3 Å². The first-order valence-electron chi connectivity index (χ1n) is 7.57. The van der Waals surface area contributed by atoms with E-state index in [1.807, 2.05) is 43.3 Å². The molecule has 1 heterocycles. The number of fused-ring (bicyclic) bond motifs is 1. The molecular formula is C19H19NOS. The van der Waals surface area contributed by atoms with Crippen LogP contribution in [0, 0.1) is 6.92 Å². The van der Waals surface area contributed by atoms with Crippen LogP contribution in [0.15, 0.2) is 48.5 Å². The van der Waals surface area contributed by atoms with Crippen molar-refractivity contribution < 1.29 is 4.79 Å². The molecule has 0 aliphatic carbocycles. The molecule has 0 fully saturated rings. The SMILES string of the molecule is CCCc1c(C(=O)Nc2cccc(C)c2)sc2ccccc12. The summed E-state index contributed by atoms with van der Waals surface area (Å²) in [5.41, 5.74) is 3.17. The van der Waals surface area contributed by atoms with Crippen LogP contribution in [-0.2, 0) is 6.42 Å². The zero-order valence-electron chi connectivity index (χ0n) is 12.8. The van der Waals surface area contributed by atoms with Gasteiger partial charge in [-0.1, -0.05) is 43.7 Å². The molecule has 0 spiro atoms. The fourth-order valence-corrected chi connectivity index (χ4v) is 3.84. The van der Waals surface area contributed by atoms with E-state index in [0.717, 1.165) is 29.0 Å². The molecule has 112 valence electrons. The largest absolute Gasteiger partial charge is 0.321 e. The number of nitrogens with one attached hydrogen (secondary N) is 1. The molecular weight excluding hydrogens is 290 g/mol. The maximum Gasteiger partial charge on any atom is 0.266 e. The average molecular weight is 309 g/mol. The Bertz CT molecular complexity index is 819. The van der Waals surface area contributed by atoms with Crippen molar-refractivity contribution in [2.75, 3.05) is 5.32 Å². The topological polar surface area (TPSA) is 29.1 Å². The van der Waals surface area contributed by atoms with Crippen molar-refractivity contribution >= 4 is 33.0 Å². The lowest BCUT2D eigenvalue weighted by molar-refractivity contribution is 0.103. The minimum absolute atomic E-state index is 0.00440. The highest BCUT2D eigenvalue weighted by atomic mass is 32.1. The number of carbonyl (C=O) groups excluding carboxylic acids is 1. The van der Waals surface area contributed by atoms with Gasteiger partial charge >= 0.3 is 0 Å². The van der Waals surface area contributed by atoms with Crippen LogP contribution in [0.2, 0.25) is 0 Å². The van der Waals surface area contributed by atoms with Gasteiger partial charge in [-0.3, -0.25) is 4.79 Å². The van der Waals surface area contributed by atoms with E-state index >= 15 is 0 Å². The van der Waals surface area contributed by atoms with Crippen LogP contribution < -0.4 is 5.32 Å². The number of benzene rings is 2. The van der Waals surface area contributed by atoms with E-state index in [4.69, 9.17) is 0 Å². The zero-order chi connectivity index (χ0) is 15.5. The van der Waals surface area contributed by atoms with E-state index < -0.39 is 0 Å². The van der Waals surface area contributed by atoms with Crippen molar-refractivity contribution in [3.8, 4) is 0 Å². The summed E-state index contributed by atoms with van der Waals surface area (Å²) in [6.07, 6.45) is 1.96. The van der Waals surface area contributed by atoms with E-state index in [2.05, 4.69) is 24.4 Å². The minimum atomic E-state index is -0.00440. The summed E-state index contributed by atoms with van der Waals surface area (Å²) in [5.74, 6) is -0.00440. The Hall–Kier alpha value is -2.13. The normalized spacial score (nSPS) is 10.8. The van der Waals surface area contributed by atoms with Gasteiger partial charge in [0.15, 0.2) is 0 Å². The number of hydrogen-bond acceptors (Lipinski definition) is 2. The van der Waals surface area contributed by atoms with Crippen molar-refractivity contribution in [2.45, 2.75) is 26.7 Å². The van der Waals surface area contributed by atoms with Crippen LogP contribution >= 0.6 is 11.3 Å². The monoisotopic (exact) mass is 309 g/mol. The van der Waals surface area contributed by atoms with E-state index in [9.17, 15) is 4.79 Å². The summed E-state index contributed by atoms with van der Waals surface area (Å²) in [4.78, 5) is 13.5. The summed E-state index contributed by atoms with van der Waals surface area (Å²) in [5, 5.41) is 4.24. The maximum atomic E-state index is 12.7. The fourth-order valence-electron chi connectivity index (χ4n) is 2.69. The Morgan fingerprint density at radius 3 is 2.73 bits per heavy atom. The average Bonchev–Trinajstić information content (AvgIpc) is 2.87. The molecule has 2 aromatic carbocycles. The number of anilines is 1. The van der Waals surface area contributed by atoms with Gasteiger partial charge in [0, 0.05) is 10.4 Å². The third kappa shape index (κ3) is 2.90. The highest BCUT2D eigenvalue weighted by Gasteiger charge is 2.17. The lowest BCUT2D eigenvalue weighted by Gasteiger charge is -2.06. The highest BCUT2D eigenvalue weighted by molar-refractivity contribution is 7.21. The van der Waals surface area contributed by atoms with Crippen LogP contribution in [-0.4, -0.2) is 5.91 Å². The Morgan fingerprint density at radius 1 is 1.14 bits per heavy atom. The second-order valence-electron chi connectivity index (χ2n) is 5.48. The lowest BCUT2D eigenvalue weighted by Crippen LogP contribution is -2.12. The molecule has 1 N–H and O–H groups in total. The van der Waals surface area contributed by atoms with Crippen LogP contribution in [0.4, 0.5) is 5.69 Å². The summed E-state index contributed by atoms with van der Waals surface area (Å²) in [7, 11) is 0. The Kier molecular flexibility index (Phi) is 4.25. The second-order valence-corrected chi connectivity index (χ2v) is 6.53. The van der Waals surface area contributed by atoms with Gasteiger partial charge in [-0.05, 0) is 48.1 Å². The molecule has 3 heteroatoms. The molecule has 0 atom stereocenters. The molecule has 0 saturated heterocycles. The molecule has 3 aromatic rings. The van der Waals surface area contributed by atoms with Crippen LogP contribution in [0.5, 0.6) is 0 Å². The first-order chi connectivity index (χ1) is 10.7. The molecule has 0 aliphatic rings. The summed E-state index contributed by atoms with van der Waals surface area (Å²) >= 11 is 1.58. The van der Waals surface area contributed by atoms with Gasteiger partial charge in [-0.15, -0.1) is 11.3 Å². The molecule has 1 aromatic heterocycles. The standard InChI is InChI=1S/C19H19NOS/c1-3-7-16-15-10-4-5-11-17(15)22-18(16)19(21)20-14-9-6-8-13(2)12-14/h4-6,8-12H,3,7H2,1-2H3,(H,20,21). The number of amides is 1. The van der Waals surface area contributed by atoms with Crippen molar-refractivity contribution in [3.63, 3.8) is 0 Å². The van der Waals surface area contributed by atoms with Crippen LogP contribution in [0.25, 0.3) is 10.1 Å². The molecule has 0 unspecified atom stereocenters. The summed E-state index contributed by atoms with van der Waals surface area (Å²) in [6.45, 7) is 4.17. The zero-order valence-corrected chi connectivity index (χ0v) is 13.7. The molecule has 22 heavy (non-hydrogen) atoms. The Morgan fingerprint density at radius 2 is 1.95 bits per heavy atom. The van der Waals surface area contributed by atoms with Gasteiger partial charge < -0.3 is 5.32 Å². The number of aryl methyl sites for hydroxylation is 2. The molecule has 3 rings (SSSR count). The third-order valence-corrected chi connectivity index (χ3v) is 4.89. The summed E-state index contributed by atoms with van der Waals surface area (Å²) in [6, 6.07) is 16.2. The second kappa shape index (κ2) is 6.32. The van der Waals surface area contributed by atoms with Gasteiger partial charge in [0.1, 0.15) is 0 Å². The molecule has 0 aliphatic heterocycles. The quantitative estimate of drug-likeness (QED) is 0.685. The maximum absolute atomic E-state index is 12.7. The number of thiophene rings is 1. The molecule has 1 amide bonds. The van der Waals surface area contributed by atoms with Crippen LogP contribution in [0.1, 0.15) is 34.1 Å². The van der Waals surface area contributed by atoms with Crippen molar-refractivity contribution in [3.05, 3.63) is 64.5 Å². The van der Waals surface area contributed by atoms with Gasteiger partial charge in [-0.25, -0.2) is 0 Å². The molecule has 0 bridgehead atoms. The lowest BCUT2D eigenvalue weighted by atomic mass is 10.1. The van der Waals surface area contributed by atoms with Gasteiger partial charge in [0.25, 0.3) is 5.91 Å². The number of rotatable bonds is 4. The minimum Gasteiger partial charge on any atom is -0.321 e. The first-order valence-corrected chi connectivity index (χ1v) is 8.39. The van der Waals surface area contributed by atoms with E-state index in [1.165, 1.54) is 15.6 Å². The molecule has 0 saturated carbocycles. The van der Waals surface area contributed by atoms with Crippen molar-refractivity contribution in [2.24, 2.45) is 0 Å². The predicted octanol–water partition coefficient (Wildman–Crippen LogP) is 5.41. The predicted molar refractivity (Wildman–Crippen MR) is 95.0 cm³/mol. The van der Waals surface area contributed by atoms with Gasteiger partial charge in [-0.2, -0.15) is 0 Å². The van der Waals surface area contributed by atoms with E-state index in [0.29, 0.717) is 0 Å². The first kappa shape index (κ1) is 14.8. The number of carbonyl (C=O) groups is 1.